The van der Waals surface area contributed by atoms with E-state index in [-0.39, 0.29) is 0 Å². The molecule has 0 bridgehead atoms. The fraction of sp³-hybridized carbons (Fsp3) is 0.400. The second kappa shape index (κ2) is 7.42. The molecule has 0 aliphatic heterocycles. The molecule has 1 heterocycles. The van der Waals surface area contributed by atoms with Crippen LogP contribution in [-0.2, 0) is 26.6 Å². The second-order valence-corrected chi connectivity index (χ2v) is 6.52. The van der Waals surface area contributed by atoms with Crippen LogP contribution in [0.15, 0.2) is 27.1 Å². The maximum Gasteiger partial charge on any atom is 0.148 e. The number of nitrogens with one attached hydrogen (secondary N) is 1. The summed E-state index contributed by atoms with van der Waals surface area (Å²) < 4.78 is 9.71. The molecule has 1 aromatic carbocycles. The smallest absolute Gasteiger partial charge is 0.148 e. The normalized spacial score (nSPS) is 10.9. The Hall–Kier alpha value is -0.850. The quantitative estimate of drug-likeness (QED) is 0.778. The molecule has 0 amide bonds. The number of rotatable bonds is 6. The number of nitrogens with zero attached hydrogens (tertiary/aromatic N) is 2. The Morgan fingerprint density at radius 1 is 1.24 bits per heavy atom. The van der Waals surface area contributed by atoms with Crippen molar-refractivity contribution in [3.05, 3.63) is 44.1 Å². The summed E-state index contributed by atoms with van der Waals surface area (Å²) in [6, 6.07) is 6.21. The Labute approximate surface area is 142 Å². The van der Waals surface area contributed by atoms with Crippen molar-refractivity contribution >= 4 is 31.9 Å². The van der Waals surface area contributed by atoms with Crippen molar-refractivity contribution in [3.8, 4) is 5.75 Å². The van der Waals surface area contributed by atoms with Crippen molar-refractivity contribution in [2.75, 3.05) is 7.05 Å². The molecule has 114 valence electrons. The van der Waals surface area contributed by atoms with E-state index in [1.54, 1.807) is 0 Å². The molecule has 0 saturated heterocycles. The lowest BCUT2D eigenvalue weighted by atomic mass is 10.2. The molecule has 2 aromatic rings. The molecule has 1 N–H and O–H groups in total. The standard InChI is InChI=1S/C15H19Br2N3O/c1-4-11-7-12(20(3)19-11)9-21-15-13(16)5-10(8-18-2)6-14(15)17/h5-7,18H,4,8-9H2,1-3H3. The third-order valence-electron chi connectivity index (χ3n) is 3.19. The number of benzene rings is 1. The van der Waals surface area contributed by atoms with Gasteiger partial charge in [-0.15, -0.1) is 0 Å². The minimum absolute atomic E-state index is 0.492. The number of ether oxygens (including phenoxy) is 1. The van der Waals surface area contributed by atoms with Crippen LogP contribution in [-0.4, -0.2) is 16.8 Å². The molecule has 4 nitrogen and oxygen atoms in total. The fourth-order valence-corrected chi connectivity index (χ4v) is 3.59. The largest absolute Gasteiger partial charge is 0.485 e. The monoisotopic (exact) mass is 415 g/mol. The summed E-state index contributed by atoms with van der Waals surface area (Å²) in [5.41, 5.74) is 3.33. The highest BCUT2D eigenvalue weighted by Crippen LogP contribution is 2.35. The van der Waals surface area contributed by atoms with Crippen LogP contribution in [0, 0.1) is 0 Å². The van der Waals surface area contributed by atoms with Crippen LogP contribution in [0.4, 0.5) is 0 Å². The summed E-state index contributed by atoms with van der Waals surface area (Å²) in [4.78, 5) is 0. The first-order chi connectivity index (χ1) is 10.0. The van der Waals surface area contributed by atoms with Crippen LogP contribution in [0.25, 0.3) is 0 Å². The number of aryl methyl sites for hydroxylation is 2. The molecular weight excluding hydrogens is 398 g/mol. The van der Waals surface area contributed by atoms with Crippen LogP contribution < -0.4 is 10.1 Å². The molecule has 0 saturated carbocycles. The predicted octanol–water partition coefficient (Wildman–Crippen LogP) is 3.81. The van der Waals surface area contributed by atoms with Gasteiger partial charge in [-0.1, -0.05) is 6.92 Å². The minimum Gasteiger partial charge on any atom is -0.485 e. The summed E-state index contributed by atoms with van der Waals surface area (Å²) in [5.74, 6) is 0.814. The van der Waals surface area contributed by atoms with Crippen LogP contribution in [0.5, 0.6) is 5.75 Å². The SMILES string of the molecule is CCc1cc(COc2c(Br)cc(CNC)cc2Br)n(C)n1. The van der Waals surface area contributed by atoms with E-state index >= 15 is 0 Å². The zero-order chi connectivity index (χ0) is 15.4. The lowest BCUT2D eigenvalue weighted by Crippen LogP contribution is -2.06. The van der Waals surface area contributed by atoms with Gasteiger partial charge in [0.15, 0.2) is 0 Å². The van der Waals surface area contributed by atoms with Crippen molar-refractivity contribution in [2.24, 2.45) is 7.05 Å². The molecule has 6 heteroatoms. The molecule has 0 aliphatic carbocycles. The Bertz CT molecular complexity index is 602. The van der Waals surface area contributed by atoms with Crippen molar-refractivity contribution in [1.29, 1.82) is 0 Å². The van der Waals surface area contributed by atoms with Crippen molar-refractivity contribution < 1.29 is 4.74 Å². The van der Waals surface area contributed by atoms with Crippen molar-refractivity contribution in [1.82, 2.24) is 15.1 Å². The fourth-order valence-electron chi connectivity index (χ4n) is 2.08. The molecule has 0 unspecified atom stereocenters. The summed E-state index contributed by atoms with van der Waals surface area (Å²) in [5, 5.41) is 7.57. The molecule has 21 heavy (non-hydrogen) atoms. The Balaban J connectivity index is 2.14. The van der Waals surface area contributed by atoms with Gasteiger partial charge in [0, 0.05) is 13.6 Å². The number of halogens is 2. The van der Waals surface area contributed by atoms with Crippen LogP contribution >= 0.6 is 31.9 Å². The van der Waals surface area contributed by atoms with E-state index in [4.69, 9.17) is 4.74 Å². The van der Waals surface area contributed by atoms with Crippen LogP contribution in [0.3, 0.4) is 0 Å². The van der Waals surface area contributed by atoms with Crippen molar-refractivity contribution in [2.45, 2.75) is 26.5 Å². The van der Waals surface area contributed by atoms with Crippen LogP contribution in [0.2, 0.25) is 0 Å². The molecule has 2 rings (SSSR count). The Morgan fingerprint density at radius 3 is 2.43 bits per heavy atom. The summed E-state index contributed by atoms with van der Waals surface area (Å²) in [6.45, 7) is 3.41. The van der Waals surface area contributed by atoms with E-state index in [0.717, 1.165) is 39.0 Å². The van der Waals surface area contributed by atoms with Gasteiger partial charge < -0.3 is 10.1 Å². The van der Waals surface area contributed by atoms with E-state index < -0.39 is 0 Å². The van der Waals surface area contributed by atoms with E-state index in [2.05, 4.69) is 67.4 Å². The summed E-state index contributed by atoms with van der Waals surface area (Å²) >= 11 is 7.15. The lowest BCUT2D eigenvalue weighted by molar-refractivity contribution is 0.291. The number of hydrogen-bond donors (Lipinski definition) is 1. The van der Waals surface area contributed by atoms with Gasteiger partial charge >= 0.3 is 0 Å². The highest BCUT2D eigenvalue weighted by Gasteiger charge is 2.11. The molecule has 0 spiro atoms. The average Bonchev–Trinajstić information content (AvgIpc) is 2.79. The molecule has 0 radical (unpaired) electrons. The second-order valence-electron chi connectivity index (χ2n) is 4.81. The third-order valence-corrected chi connectivity index (χ3v) is 4.37. The van der Waals surface area contributed by atoms with Crippen molar-refractivity contribution in [3.63, 3.8) is 0 Å². The van der Waals surface area contributed by atoms with E-state index in [1.807, 2.05) is 18.8 Å². The zero-order valence-electron chi connectivity index (χ0n) is 12.4. The maximum absolute atomic E-state index is 5.95. The van der Waals surface area contributed by atoms with Gasteiger partial charge in [-0.2, -0.15) is 5.10 Å². The predicted molar refractivity (Wildman–Crippen MR) is 91.5 cm³/mol. The molecule has 0 atom stereocenters. The molecular formula is C15H19Br2N3O. The summed E-state index contributed by atoms with van der Waals surface area (Å²) in [6.07, 6.45) is 0.930. The number of aromatic nitrogens is 2. The van der Waals surface area contributed by atoms with E-state index in [0.29, 0.717) is 6.61 Å². The molecule has 1 aromatic heterocycles. The van der Waals surface area contributed by atoms with Gasteiger partial charge in [0.2, 0.25) is 0 Å². The first kappa shape index (κ1) is 16.5. The van der Waals surface area contributed by atoms with Gasteiger partial charge in [0.1, 0.15) is 12.4 Å². The molecule has 0 fully saturated rings. The zero-order valence-corrected chi connectivity index (χ0v) is 15.6. The van der Waals surface area contributed by atoms with Gasteiger partial charge in [-0.3, -0.25) is 4.68 Å². The first-order valence-electron chi connectivity index (χ1n) is 6.82. The molecule has 0 aliphatic rings. The highest BCUT2D eigenvalue weighted by atomic mass is 79.9. The average molecular weight is 417 g/mol. The Kier molecular flexibility index (Phi) is 5.84. The minimum atomic E-state index is 0.492. The van der Waals surface area contributed by atoms with Crippen LogP contribution in [0.1, 0.15) is 23.9 Å². The highest BCUT2D eigenvalue weighted by molar-refractivity contribution is 9.11. The van der Waals surface area contributed by atoms with E-state index in [9.17, 15) is 0 Å². The summed E-state index contributed by atoms with van der Waals surface area (Å²) in [7, 11) is 3.87. The maximum atomic E-state index is 5.95. The van der Waals surface area contributed by atoms with Gasteiger partial charge in [0.05, 0.1) is 20.3 Å². The van der Waals surface area contributed by atoms with Gasteiger partial charge in [0.25, 0.3) is 0 Å². The van der Waals surface area contributed by atoms with Gasteiger partial charge in [-0.25, -0.2) is 0 Å². The Morgan fingerprint density at radius 2 is 1.90 bits per heavy atom. The number of hydrogen-bond acceptors (Lipinski definition) is 3. The first-order valence-corrected chi connectivity index (χ1v) is 8.40. The topological polar surface area (TPSA) is 39.1 Å². The van der Waals surface area contributed by atoms with E-state index in [1.165, 1.54) is 5.56 Å². The lowest BCUT2D eigenvalue weighted by Gasteiger charge is -2.12. The third kappa shape index (κ3) is 4.08. The van der Waals surface area contributed by atoms with Gasteiger partial charge in [-0.05, 0) is 69.1 Å².